The summed E-state index contributed by atoms with van der Waals surface area (Å²) in [5.74, 6) is 0.232. The van der Waals surface area contributed by atoms with Crippen LogP contribution < -0.4 is 5.73 Å². The molecule has 1 aliphatic carbocycles. The zero-order valence-electron chi connectivity index (χ0n) is 9.17. The Balaban J connectivity index is 2.32. The highest BCUT2D eigenvalue weighted by Gasteiger charge is 2.14. The van der Waals surface area contributed by atoms with Crippen LogP contribution in [0, 0.1) is 6.92 Å². The minimum absolute atomic E-state index is 0.232. The second kappa shape index (κ2) is 4.55. The summed E-state index contributed by atoms with van der Waals surface area (Å²) in [7, 11) is 0. The largest absolute Gasteiger partial charge is 0.374 e. The Hall–Kier alpha value is -1.52. The molecular weight excluding hydrogens is 202 g/mol. The average Bonchev–Trinajstić information content (AvgIpc) is 2.30. The molecule has 4 nitrogen and oxygen atoms in total. The topological polar surface area (TPSA) is 72.0 Å². The lowest BCUT2D eigenvalue weighted by Crippen LogP contribution is -2.14. The van der Waals surface area contributed by atoms with Gasteiger partial charge in [-0.1, -0.05) is 24.3 Å². The number of aryl methyl sites for hydroxylation is 1. The van der Waals surface area contributed by atoms with Crippen LogP contribution in [0.4, 0.5) is 0 Å². The summed E-state index contributed by atoms with van der Waals surface area (Å²) in [5, 5.41) is 17.6. The van der Waals surface area contributed by atoms with Gasteiger partial charge in [-0.2, -0.15) is 10.2 Å². The van der Waals surface area contributed by atoms with Gasteiger partial charge >= 0.3 is 0 Å². The Morgan fingerprint density at radius 3 is 2.88 bits per heavy atom. The molecule has 0 fully saturated rings. The van der Waals surface area contributed by atoms with Crippen LogP contribution in [-0.2, 0) is 0 Å². The Labute approximate surface area is 94.5 Å². The molecule has 0 saturated heterocycles. The molecule has 84 valence electrons. The highest BCUT2D eigenvalue weighted by atomic mass is 16.3. The number of aliphatic hydroxyl groups excluding tert-OH is 1. The van der Waals surface area contributed by atoms with Gasteiger partial charge in [-0.3, -0.25) is 0 Å². The lowest BCUT2D eigenvalue weighted by Gasteiger charge is -2.14. The van der Waals surface area contributed by atoms with E-state index in [2.05, 4.69) is 22.3 Å². The molecule has 1 heterocycles. The highest BCUT2D eigenvalue weighted by molar-refractivity contribution is 5.28. The lowest BCUT2D eigenvalue weighted by atomic mass is 9.96. The fraction of sp³-hybridized carbons (Fsp3) is 0.333. The number of nitrogens with two attached hydrogens (primary N) is 1. The van der Waals surface area contributed by atoms with Gasteiger partial charge < -0.3 is 10.8 Å². The molecule has 4 heteroatoms. The fourth-order valence-electron chi connectivity index (χ4n) is 1.76. The summed E-state index contributed by atoms with van der Waals surface area (Å²) in [6, 6.07) is 1.83. The van der Waals surface area contributed by atoms with Gasteiger partial charge in [0.25, 0.3) is 0 Å². The predicted octanol–water partition coefficient (Wildman–Crippen LogP) is 1.33. The van der Waals surface area contributed by atoms with Gasteiger partial charge in [-0.15, -0.1) is 0 Å². The van der Waals surface area contributed by atoms with Crippen LogP contribution in [0.3, 0.4) is 0 Å². The molecule has 0 saturated carbocycles. The van der Waals surface area contributed by atoms with E-state index in [-0.39, 0.29) is 5.92 Å². The van der Waals surface area contributed by atoms with Crippen molar-refractivity contribution in [2.24, 2.45) is 5.73 Å². The number of allylic oxidation sites excluding steroid dienone is 4. The maximum Gasteiger partial charge on any atom is 0.130 e. The maximum atomic E-state index is 9.41. The van der Waals surface area contributed by atoms with E-state index < -0.39 is 6.23 Å². The minimum atomic E-state index is -0.989. The zero-order valence-corrected chi connectivity index (χ0v) is 9.17. The van der Waals surface area contributed by atoms with Crippen molar-refractivity contribution in [3.05, 3.63) is 47.3 Å². The Morgan fingerprint density at radius 1 is 1.44 bits per heavy atom. The summed E-state index contributed by atoms with van der Waals surface area (Å²) in [5.41, 5.74) is 7.64. The van der Waals surface area contributed by atoms with Crippen molar-refractivity contribution in [3.63, 3.8) is 0 Å². The number of nitrogens with zero attached hydrogens (tertiary/aromatic N) is 2. The van der Waals surface area contributed by atoms with Crippen LogP contribution in [0.25, 0.3) is 0 Å². The molecule has 0 aliphatic heterocycles. The van der Waals surface area contributed by atoms with Crippen molar-refractivity contribution in [1.82, 2.24) is 10.2 Å². The van der Waals surface area contributed by atoms with E-state index in [0.717, 1.165) is 12.1 Å². The van der Waals surface area contributed by atoms with Crippen molar-refractivity contribution in [2.75, 3.05) is 0 Å². The maximum absolute atomic E-state index is 9.41. The van der Waals surface area contributed by atoms with E-state index in [1.54, 1.807) is 6.92 Å². The van der Waals surface area contributed by atoms with E-state index in [0.29, 0.717) is 11.3 Å². The molecule has 0 radical (unpaired) electrons. The van der Waals surface area contributed by atoms with Crippen LogP contribution in [0.15, 0.2) is 30.4 Å². The van der Waals surface area contributed by atoms with E-state index >= 15 is 0 Å². The van der Waals surface area contributed by atoms with Gasteiger partial charge in [0.2, 0.25) is 0 Å². The van der Waals surface area contributed by atoms with Gasteiger partial charge in [-0.05, 0) is 19.4 Å². The molecular formula is C12H15N3O. The van der Waals surface area contributed by atoms with E-state index in [9.17, 15) is 5.11 Å². The van der Waals surface area contributed by atoms with Crippen LogP contribution in [-0.4, -0.2) is 15.3 Å². The molecule has 0 aromatic carbocycles. The number of aliphatic hydroxyl groups is 1. The summed E-state index contributed by atoms with van der Waals surface area (Å²) in [6.45, 7) is 1.79. The molecule has 1 aromatic heterocycles. The normalized spacial score (nSPS) is 21.1. The lowest BCUT2D eigenvalue weighted by molar-refractivity contribution is 0.184. The molecule has 2 rings (SSSR count). The molecule has 2 atom stereocenters. The monoisotopic (exact) mass is 217 g/mol. The third-order valence-electron chi connectivity index (χ3n) is 2.72. The first-order valence-electron chi connectivity index (χ1n) is 5.29. The first-order valence-corrected chi connectivity index (χ1v) is 5.29. The number of hydrogen-bond donors (Lipinski definition) is 2. The van der Waals surface area contributed by atoms with Crippen molar-refractivity contribution in [1.29, 1.82) is 0 Å². The molecule has 3 N–H and O–H groups in total. The minimum Gasteiger partial charge on any atom is -0.374 e. The fourth-order valence-corrected chi connectivity index (χ4v) is 1.76. The van der Waals surface area contributed by atoms with Crippen molar-refractivity contribution in [2.45, 2.75) is 25.5 Å². The second-order valence-electron chi connectivity index (χ2n) is 3.91. The van der Waals surface area contributed by atoms with Gasteiger partial charge in [0, 0.05) is 11.5 Å². The SMILES string of the molecule is Cc1nnc(C2C=CC=CC2)cc1C(N)O. The van der Waals surface area contributed by atoms with Gasteiger partial charge in [0.1, 0.15) is 6.23 Å². The third-order valence-corrected chi connectivity index (χ3v) is 2.72. The highest BCUT2D eigenvalue weighted by Crippen LogP contribution is 2.24. The van der Waals surface area contributed by atoms with E-state index in [1.807, 2.05) is 18.2 Å². The van der Waals surface area contributed by atoms with Gasteiger partial charge in [0.15, 0.2) is 0 Å². The quantitative estimate of drug-likeness (QED) is 0.733. The van der Waals surface area contributed by atoms with Crippen LogP contribution in [0.1, 0.15) is 35.5 Å². The second-order valence-corrected chi connectivity index (χ2v) is 3.91. The van der Waals surface area contributed by atoms with Crippen molar-refractivity contribution >= 4 is 0 Å². The Morgan fingerprint density at radius 2 is 2.25 bits per heavy atom. The van der Waals surface area contributed by atoms with E-state index in [1.165, 1.54) is 0 Å². The van der Waals surface area contributed by atoms with Crippen molar-refractivity contribution < 1.29 is 5.11 Å². The van der Waals surface area contributed by atoms with Crippen LogP contribution in [0.2, 0.25) is 0 Å². The molecule has 1 aromatic rings. The number of hydrogen-bond acceptors (Lipinski definition) is 4. The standard InChI is InChI=1S/C12H15N3O/c1-8-10(12(13)16)7-11(15-14-8)9-5-3-2-4-6-9/h2-5,7,9,12,16H,6,13H2,1H3. The smallest absolute Gasteiger partial charge is 0.130 e. The summed E-state index contributed by atoms with van der Waals surface area (Å²) in [4.78, 5) is 0. The molecule has 1 aliphatic rings. The summed E-state index contributed by atoms with van der Waals surface area (Å²) >= 11 is 0. The Bertz CT molecular complexity index is 438. The Kier molecular flexibility index (Phi) is 3.12. The average molecular weight is 217 g/mol. The molecule has 0 amide bonds. The van der Waals surface area contributed by atoms with Gasteiger partial charge in [0.05, 0.1) is 11.4 Å². The number of aromatic nitrogens is 2. The van der Waals surface area contributed by atoms with Gasteiger partial charge in [-0.25, -0.2) is 0 Å². The predicted molar refractivity (Wildman–Crippen MR) is 61.6 cm³/mol. The molecule has 16 heavy (non-hydrogen) atoms. The van der Waals surface area contributed by atoms with Crippen molar-refractivity contribution in [3.8, 4) is 0 Å². The van der Waals surface area contributed by atoms with Crippen LogP contribution in [0.5, 0.6) is 0 Å². The first-order chi connectivity index (χ1) is 7.68. The molecule has 2 unspecified atom stereocenters. The first kappa shape index (κ1) is 11.0. The summed E-state index contributed by atoms with van der Waals surface area (Å²) in [6.07, 6.45) is 8.09. The molecule has 0 bridgehead atoms. The zero-order chi connectivity index (χ0) is 11.5. The molecule has 0 spiro atoms. The number of rotatable bonds is 2. The van der Waals surface area contributed by atoms with E-state index in [4.69, 9.17) is 5.73 Å². The van der Waals surface area contributed by atoms with Crippen LogP contribution >= 0.6 is 0 Å². The third kappa shape index (κ3) is 2.18. The summed E-state index contributed by atoms with van der Waals surface area (Å²) < 4.78 is 0.